The lowest BCUT2D eigenvalue weighted by atomic mass is 9.95. The Hall–Kier alpha value is -2.04. The Labute approximate surface area is 112 Å². The molecule has 0 saturated heterocycles. The summed E-state index contributed by atoms with van der Waals surface area (Å²) in [5, 5.41) is 11.6. The number of carbonyl (C=O) groups excluding carboxylic acids is 1. The molecule has 2 N–H and O–H groups in total. The minimum atomic E-state index is -0.978. The summed E-state index contributed by atoms with van der Waals surface area (Å²) in [6.07, 6.45) is 0. The van der Waals surface area contributed by atoms with E-state index in [0.29, 0.717) is 5.69 Å². The lowest BCUT2D eigenvalue weighted by molar-refractivity contribution is -0.145. The molecule has 2 atom stereocenters. The molecule has 5 nitrogen and oxygen atoms in total. The summed E-state index contributed by atoms with van der Waals surface area (Å²) in [7, 11) is 1.58. The minimum Gasteiger partial charge on any atom is -0.496 e. The second-order valence-electron chi connectivity index (χ2n) is 4.59. The number of hydrogen-bond acceptors (Lipinski definition) is 3. The maximum atomic E-state index is 11.9. The van der Waals surface area contributed by atoms with Gasteiger partial charge >= 0.3 is 5.97 Å². The number of aliphatic carboxylic acids is 1. The molecule has 2 unspecified atom stereocenters. The highest BCUT2D eigenvalue weighted by Crippen LogP contribution is 2.22. The average Bonchev–Trinajstić information content (AvgIpc) is 2.37. The van der Waals surface area contributed by atoms with Crippen LogP contribution in [0.2, 0.25) is 0 Å². The topological polar surface area (TPSA) is 75.6 Å². The third kappa shape index (κ3) is 3.71. The SMILES string of the molecule is COc1ccc(NC(=O)C(C)C(C)C(=O)O)cc1C. The summed E-state index contributed by atoms with van der Waals surface area (Å²) < 4.78 is 5.13. The van der Waals surface area contributed by atoms with E-state index >= 15 is 0 Å². The number of aryl methyl sites for hydroxylation is 1. The molecule has 1 rings (SSSR count). The summed E-state index contributed by atoms with van der Waals surface area (Å²) >= 11 is 0. The third-order valence-electron chi connectivity index (χ3n) is 3.22. The number of benzene rings is 1. The number of carboxylic acids is 1. The van der Waals surface area contributed by atoms with E-state index in [4.69, 9.17) is 9.84 Å². The number of carboxylic acid groups (broad SMARTS) is 1. The van der Waals surface area contributed by atoms with Crippen LogP contribution in [-0.2, 0) is 9.59 Å². The van der Waals surface area contributed by atoms with Gasteiger partial charge in [0.15, 0.2) is 0 Å². The van der Waals surface area contributed by atoms with Gasteiger partial charge < -0.3 is 15.2 Å². The molecule has 19 heavy (non-hydrogen) atoms. The van der Waals surface area contributed by atoms with E-state index in [9.17, 15) is 9.59 Å². The molecule has 0 radical (unpaired) electrons. The molecule has 1 amide bonds. The van der Waals surface area contributed by atoms with E-state index in [1.165, 1.54) is 6.92 Å². The minimum absolute atomic E-state index is 0.306. The molecule has 0 aliphatic rings. The lowest BCUT2D eigenvalue weighted by Crippen LogP contribution is -2.29. The maximum absolute atomic E-state index is 11.9. The number of methoxy groups -OCH3 is 1. The normalized spacial score (nSPS) is 13.5. The zero-order valence-corrected chi connectivity index (χ0v) is 11.6. The molecule has 104 valence electrons. The van der Waals surface area contributed by atoms with Gasteiger partial charge in [0.05, 0.1) is 13.0 Å². The summed E-state index contributed by atoms with van der Waals surface area (Å²) in [4.78, 5) is 22.8. The number of ether oxygens (including phenoxy) is 1. The van der Waals surface area contributed by atoms with Gasteiger partial charge in [-0.2, -0.15) is 0 Å². The quantitative estimate of drug-likeness (QED) is 0.856. The van der Waals surface area contributed by atoms with E-state index in [0.717, 1.165) is 11.3 Å². The highest BCUT2D eigenvalue weighted by Gasteiger charge is 2.25. The predicted octanol–water partition coefficient (Wildman–Crippen LogP) is 2.30. The first-order chi connectivity index (χ1) is 8.86. The number of anilines is 1. The Bertz CT molecular complexity index is 484. The van der Waals surface area contributed by atoms with Crippen molar-refractivity contribution in [1.82, 2.24) is 0 Å². The van der Waals surface area contributed by atoms with Gasteiger partial charge in [0.2, 0.25) is 5.91 Å². The van der Waals surface area contributed by atoms with Gasteiger partial charge in [-0.25, -0.2) is 0 Å². The number of rotatable bonds is 5. The van der Waals surface area contributed by atoms with Crippen LogP contribution >= 0.6 is 0 Å². The van der Waals surface area contributed by atoms with E-state index in [2.05, 4.69) is 5.32 Å². The molecule has 0 fully saturated rings. The fraction of sp³-hybridized carbons (Fsp3) is 0.429. The molecule has 0 aliphatic carbocycles. The predicted molar refractivity (Wildman–Crippen MR) is 72.3 cm³/mol. The van der Waals surface area contributed by atoms with Crippen LogP contribution < -0.4 is 10.1 Å². The smallest absolute Gasteiger partial charge is 0.307 e. The van der Waals surface area contributed by atoms with Gasteiger partial charge in [-0.05, 0) is 30.7 Å². The Morgan fingerprint density at radius 3 is 2.37 bits per heavy atom. The highest BCUT2D eigenvalue weighted by atomic mass is 16.5. The van der Waals surface area contributed by atoms with Crippen LogP contribution in [0.1, 0.15) is 19.4 Å². The van der Waals surface area contributed by atoms with Crippen molar-refractivity contribution >= 4 is 17.6 Å². The third-order valence-corrected chi connectivity index (χ3v) is 3.22. The Kier molecular flexibility index (Phi) is 4.92. The van der Waals surface area contributed by atoms with Crippen molar-refractivity contribution in [2.45, 2.75) is 20.8 Å². The summed E-state index contributed by atoms with van der Waals surface area (Å²) in [6, 6.07) is 5.27. The second kappa shape index (κ2) is 6.22. The fourth-order valence-electron chi connectivity index (χ4n) is 1.65. The van der Waals surface area contributed by atoms with E-state index < -0.39 is 17.8 Å². The van der Waals surface area contributed by atoms with Crippen LogP contribution in [0.3, 0.4) is 0 Å². The van der Waals surface area contributed by atoms with Crippen LogP contribution in [-0.4, -0.2) is 24.1 Å². The zero-order chi connectivity index (χ0) is 14.6. The zero-order valence-electron chi connectivity index (χ0n) is 11.6. The molecule has 1 aromatic rings. The van der Waals surface area contributed by atoms with Gasteiger partial charge in [-0.3, -0.25) is 9.59 Å². The fourth-order valence-corrected chi connectivity index (χ4v) is 1.65. The molecular formula is C14H19NO4. The largest absolute Gasteiger partial charge is 0.496 e. The van der Waals surface area contributed by atoms with Crippen molar-refractivity contribution in [2.24, 2.45) is 11.8 Å². The maximum Gasteiger partial charge on any atom is 0.307 e. The first-order valence-corrected chi connectivity index (χ1v) is 6.05. The van der Waals surface area contributed by atoms with Gasteiger partial charge in [-0.1, -0.05) is 13.8 Å². The molecule has 0 saturated carbocycles. The Balaban J connectivity index is 2.77. The number of hydrogen-bond donors (Lipinski definition) is 2. The Morgan fingerprint density at radius 2 is 1.89 bits per heavy atom. The summed E-state index contributed by atoms with van der Waals surface area (Å²) in [5.74, 6) is -1.86. The van der Waals surface area contributed by atoms with Crippen molar-refractivity contribution in [2.75, 3.05) is 12.4 Å². The first-order valence-electron chi connectivity index (χ1n) is 6.05. The highest BCUT2D eigenvalue weighted by molar-refractivity contribution is 5.94. The molecular weight excluding hydrogens is 246 g/mol. The van der Waals surface area contributed by atoms with E-state index in [1.54, 1.807) is 32.2 Å². The molecule has 0 heterocycles. The first kappa shape index (κ1) is 15.0. The molecule has 0 aromatic heterocycles. The molecule has 0 bridgehead atoms. The van der Waals surface area contributed by atoms with Crippen LogP contribution in [0, 0.1) is 18.8 Å². The van der Waals surface area contributed by atoms with Gasteiger partial charge in [0.1, 0.15) is 5.75 Å². The summed E-state index contributed by atoms with van der Waals surface area (Å²) in [6.45, 7) is 4.99. The van der Waals surface area contributed by atoms with Crippen molar-refractivity contribution in [3.8, 4) is 5.75 Å². The van der Waals surface area contributed by atoms with Crippen LogP contribution in [0.4, 0.5) is 5.69 Å². The molecule has 5 heteroatoms. The van der Waals surface area contributed by atoms with Crippen LogP contribution in [0.15, 0.2) is 18.2 Å². The summed E-state index contributed by atoms with van der Waals surface area (Å²) in [5.41, 5.74) is 1.53. The molecule has 0 aliphatic heterocycles. The van der Waals surface area contributed by atoms with Crippen molar-refractivity contribution in [3.63, 3.8) is 0 Å². The second-order valence-corrected chi connectivity index (χ2v) is 4.59. The molecule has 0 spiro atoms. The number of amides is 1. The van der Waals surface area contributed by atoms with Gasteiger partial charge in [-0.15, -0.1) is 0 Å². The van der Waals surface area contributed by atoms with Crippen LogP contribution in [0.25, 0.3) is 0 Å². The number of carbonyl (C=O) groups is 2. The van der Waals surface area contributed by atoms with E-state index in [-0.39, 0.29) is 5.91 Å². The lowest BCUT2D eigenvalue weighted by Gasteiger charge is -2.16. The van der Waals surface area contributed by atoms with Crippen molar-refractivity contribution in [3.05, 3.63) is 23.8 Å². The van der Waals surface area contributed by atoms with Gasteiger partial charge in [0.25, 0.3) is 0 Å². The van der Waals surface area contributed by atoms with Crippen molar-refractivity contribution < 1.29 is 19.4 Å². The van der Waals surface area contributed by atoms with Gasteiger partial charge in [0, 0.05) is 11.6 Å². The number of nitrogens with one attached hydrogen (secondary N) is 1. The Morgan fingerprint density at radius 1 is 1.26 bits per heavy atom. The van der Waals surface area contributed by atoms with Crippen molar-refractivity contribution in [1.29, 1.82) is 0 Å². The molecule has 1 aromatic carbocycles. The standard InChI is InChI=1S/C14H19NO4/c1-8-7-11(5-6-12(8)19-4)15-13(16)9(2)10(3)14(17)18/h5-7,9-10H,1-4H3,(H,15,16)(H,17,18). The van der Waals surface area contributed by atoms with E-state index in [1.807, 2.05) is 6.92 Å². The monoisotopic (exact) mass is 265 g/mol. The average molecular weight is 265 g/mol. The van der Waals surface area contributed by atoms with Crippen LogP contribution in [0.5, 0.6) is 5.75 Å².